The quantitative estimate of drug-likeness (QED) is 0.0141. The first-order valence-corrected chi connectivity index (χ1v) is 24.0. The molecule has 0 saturated carbocycles. The Morgan fingerprint density at radius 1 is 0.701 bits per heavy atom. The minimum Gasteiger partial charge on any atom is -0.480 e. The first-order valence-electron chi connectivity index (χ1n) is 22.0. The third-order valence-electron chi connectivity index (χ3n) is 10.1. The molecule has 0 aliphatic heterocycles. The van der Waals surface area contributed by atoms with E-state index in [1.807, 2.05) is 13.8 Å². The molecule has 67 heavy (non-hydrogen) atoms. The number of carboxylic acids is 1. The molecule has 1 aromatic rings. The molecule has 18 N–H and O–H groups in total. The van der Waals surface area contributed by atoms with Crippen LogP contribution in [0, 0.1) is 11.3 Å². The van der Waals surface area contributed by atoms with Gasteiger partial charge in [-0.05, 0) is 81.9 Å². The van der Waals surface area contributed by atoms with Gasteiger partial charge in [0.25, 0.3) is 0 Å². The Balaban J connectivity index is 3.49. The zero-order chi connectivity index (χ0) is 50.6. The Morgan fingerprint density at radius 2 is 1.21 bits per heavy atom. The van der Waals surface area contributed by atoms with Crippen molar-refractivity contribution in [2.75, 3.05) is 37.5 Å². The maximum Gasteiger partial charge on any atom is 0.326 e. The molecule has 25 heteroatoms. The maximum atomic E-state index is 14.2. The van der Waals surface area contributed by atoms with Gasteiger partial charge in [-0.25, -0.2) is 4.79 Å². The number of aliphatic hydroxyl groups excluding tert-OH is 2. The predicted molar refractivity (Wildman–Crippen MR) is 256 cm³/mol. The SMILES string of the molecule is CSCC[C@H](NC(=O)[C@@H](NC(=O)[C@H](CO)NC(=O)[C@H](Cc1ccccc1)NC(=O)[C@H](CCCCN)NC(=O)[C@H](CCCNC(=N)N)NC(=O)[C@H](CC(C)C)NC(=O)[C@@H](N)CS)[C@@H](C)O)C(=O)O. The summed E-state index contributed by atoms with van der Waals surface area (Å²) in [4.78, 5) is 107. The summed E-state index contributed by atoms with van der Waals surface area (Å²) in [6.07, 6.45) is 1.33. The molecule has 0 bridgehead atoms. The van der Waals surface area contributed by atoms with Gasteiger partial charge in [0.2, 0.25) is 41.4 Å². The summed E-state index contributed by atoms with van der Waals surface area (Å²) in [5.74, 6) is -7.38. The van der Waals surface area contributed by atoms with Crippen molar-refractivity contribution in [3.63, 3.8) is 0 Å². The number of guanidine groups is 1. The van der Waals surface area contributed by atoms with Crippen LogP contribution in [0.1, 0.15) is 71.3 Å². The normalized spacial score (nSPS) is 15.1. The van der Waals surface area contributed by atoms with Crippen LogP contribution < -0.4 is 59.7 Å². The van der Waals surface area contributed by atoms with E-state index in [2.05, 4.69) is 55.2 Å². The predicted octanol–water partition coefficient (Wildman–Crippen LogP) is -3.47. The van der Waals surface area contributed by atoms with E-state index in [0.717, 1.165) is 0 Å². The fourth-order valence-electron chi connectivity index (χ4n) is 6.38. The van der Waals surface area contributed by atoms with Crippen LogP contribution in [0.2, 0.25) is 0 Å². The highest BCUT2D eigenvalue weighted by molar-refractivity contribution is 7.98. The minimum atomic E-state index is -1.73. The minimum absolute atomic E-state index is 0.00707. The second-order valence-corrected chi connectivity index (χ2v) is 17.6. The number of hydrogen-bond acceptors (Lipinski definition) is 15. The lowest BCUT2D eigenvalue weighted by Crippen LogP contribution is -2.62. The van der Waals surface area contributed by atoms with Crippen molar-refractivity contribution in [1.82, 2.24) is 42.5 Å². The number of aliphatic carboxylic acids is 1. The van der Waals surface area contributed by atoms with E-state index >= 15 is 0 Å². The second kappa shape index (κ2) is 32.5. The van der Waals surface area contributed by atoms with Gasteiger partial charge in [0.05, 0.1) is 18.8 Å². The van der Waals surface area contributed by atoms with Gasteiger partial charge in [-0.3, -0.25) is 39.0 Å². The van der Waals surface area contributed by atoms with Crippen LogP contribution in [0.25, 0.3) is 0 Å². The Hall–Kier alpha value is -5.21. The highest BCUT2D eigenvalue weighted by Gasteiger charge is 2.35. The molecule has 0 aliphatic rings. The van der Waals surface area contributed by atoms with Crippen molar-refractivity contribution in [1.29, 1.82) is 5.41 Å². The van der Waals surface area contributed by atoms with Crippen molar-refractivity contribution < 1.29 is 53.7 Å². The van der Waals surface area contributed by atoms with Gasteiger partial charge in [0, 0.05) is 18.7 Å². The third-order valence-corrected chi connectivity index (χ3v) is 11.1. The van der Waals surface area contributed by atoms with E-state index in [1.54, 1.807) is 36.6 Å². The standard InChI is InChI=1S/C42H72N12O11S2/c1-23(2)19-30(51-34(57)26(44)22-66)37(60)49-28(14-10-17-47-42(45)46)35(58)48-27(13-8-9-16-43)36(59)52-31(20-25-11-6-5-7-12-25)38(61)53-32(21-55)39(62)54-33(24(3)56)40(63)50-29(41(64)65)15-18-67-4/h5-7,11-12,23-24,26-33,55-56,66H,8-10,13-22,43-44H2,1-4H3,(H,48,58)(H,49,60)(H,50,63)(H,51,57)(H,52,59)(H,53,61)(H,54,62)(H,64,65)(H4,45,46,47)/t24-,26+,27+,28+,29+,30+,31+,32+,33+/m1/s1. The molecule has 0 saturated heterocycles. The number of carboxylic acid groups (broad SMARTS) is 1. The first kappa shape index (κ1) is 59.8. The monoisotopic (exact) mass is 984 g/mol. The number of unbranched alkanes of at least 4 members (excludes halogenated alkanes) is 1. The number of benzene rings is 1. The van der Waals surface area contributed by atoms with Gasteiger partial charge in [-0.2, -0.15) is 24.4 Å². The average molecular weight is 985 g/mol. The smallest absolute Gasteiger partial charge is 0.326 e. The number of carbonyl (C=O) groups excluding carboxylic acids is 7. The number of rotatable bonds is 33. The number of aliphatic hydroxyl groups is 2. The summed E-state index contributed by atoms with van der Waals surface area (Å²) in [6, 6.07) is -2.43. The Bertz CT molecular complexity index is 1770. The van der Waals surface area contributed by atoms with Gasteiger partial charge in [0.1, 0.15) is 42.3 Å². The van der Waals surface area contributed by atoms with Crippen LogP contribution in [-0.4, -0.2) is 160 Å². The molecule has 0 aromatic heterocycles. The number of nitrogens with two attached hydrogens (primary N) is 3. The van der Waals surface area contributed by atoms with Crippen LogP contribution in [0.15, 0.2) is 30.3 Å². The van der Waals surface area contributed by atoms with E-state index in [4.69, 9.17) is 22.6 Å². The number of carbonyl (C=O) groups is 8. The van der Waals surface area contributed by atoms with Gasteiger partial charge < -0.3 is 75.1 Å². The van der Waals surface area contributed by atoms with E-state index in [0.29, 0.717) is 24.2 Å². The number of thioether (sulfide) groups is 1. The summed E-state index contributed by atoms with van der Waals surface area (Å²) in [5.41, 5.74) is 17.6. The van der Waals surface area contributed by atoms with E-state index in [-0.39, 0.29) is 69.2 Å². The van der Waals surface area contributed by atoms with Gasteiger partial charge in [-0.15, -0.1) is 0 Å². The topological polar surface area (TPSA) is 395 Å². The van der Waals surface area contributed by atoms with Crippen molar-refractivity contribution in [2.45, 2.75) is 127 Å². The highest BCUT2D eigenvalue weighted by Crippen LogP contribution is 2.11. The molecule has 0 unspecified atom stereocenters. The molecule has 1 aromatic carbocycles. The fraction of sp³-hybridized carbons (Fsp3) is 0.643. The van der Waals surface area contributed by atoms with E-state index in [1.165, 1.54) is 18.7 Å². The number of amides is 7. The zero-order valence-corrected chi connectivity index (χ0v) is 40.3. The molecule has 23 nitrogen and oxygen atoms in total. The number of nitrogens with one attached hydrogen (secondary N) is 9. The van der Waals surface area contributed by atoms with Gasteiger partial charge in [0.15, 0.2) is 5.96 Å². The lowest BCUT2D eigenvalue weighted by atomic mass is 10.0. The lowest BCUT2D eigenvalue weighted by Gasteiger charge is -2.28. The van der Waals surface area contributed by atoms with E-state index < -0.39 is 108 Å². The van der Waals surface area contributed by atoms with Gasteiger partial charge >= 0.3 is 5.97 Å². The number of thiol groups is 1. The Kier molecular flexibility index (Phi) is 29.0. The summed E-state index contributed by atoms with van der Waals surface area (Å²) in [5, 5.41) is 57.8. The summed E-state index contributed by atoms with van der Waals surface area (Å²) < 4.78 is 0. The fourth-order valence-corrected chi connectivity index (χ4v) is 7.02. The van der Waals surface area contributed by atoms with Crippen LogP contribution in [0.4, 0.5) is 0 Å². The molecule has 7 amide bonds. The molecular weight excluding hydrogens is 913 g/mol. The zero-order valence-electron chi connectivity index (χ0n) is 38.5. The van der Waals surface area contributed by atoms with Crippen molar-refractivity contribution >= 4 is 77.7 Å². The third kappa shape index (κ3) is 23.4. The van der Waals surface area contributed by atoms with Crippen molar-refractivity contribution in [2.24, 2.45) is 23.1 Å². The van der Waals surface area contributed by atoms with Crippen molar-refractivity contribution in [3.8, 4) is 0 Å². The van der Waals surface area contributed by atoms with Crippen molar-refractivity contribution in [3.05, 3.63) is 35.9 Å². The second-order valence-electron chi connectivity index (χ2n) is 16.3. The van der Waals surface area contributed by atoms with Crippen LogP contribution in [0.5, 0.6) is 0 Å². The maximum absolute atomic E-state index is 14.2. The summed E-state index contributed by atoms with van der Waals surface area (Å²) in [6.45, 7) is 4.25. The molecule has 0 fully saturated rings. The molecule has 1 rings (SSSR count). The lowest BCUT2D eigenvalue weighted by molar-refractivity contribution is -0.143. The van der Waals surface area contributed by atoms with E-state index in [9.17, 15) is 53.7 Å². The first-order chi connectivity index (χ1) is 31.7. The summed E-state index contributed by atoms with van der Waals surface area (Å²) in [7, 11) is 0. The molecule has 0 aliphatic carbocycles. The molecule has 0 radical (unpaired) electrons. The van der Waals surface area contributed by atoms with Crippen LogP contribution in [-0.2, 0) is 44.8 Å². The van der Waals surface area contributed by atoms with Gasteiger partial charge in [-0.1, -0.05) is 44.2 Å². The highest BCUT2D eigenvalue weighted by atomic mass is 32.2. The summed E-state index contributed by atoms with van der Waals surface area (Å²) >= 11 is 5.40. The molecule has 9 atom stereocenters. The average Bonchev–Trinajstić information content (AvgIpc) is 3.27. The largest absolute Gasteiger partial charge is 0.480 e. The van der Waals surface area contributed by atoms with Crippen LogP contribution >= 0.6 is 24.4 Å². The molecule has 378 valence electrons. The number of hydrogen-bond donors (Lipinski definition) is 16. The molecule has 0 spiro atoms. The van der Waals surface area contributed by atoms with Crippen LogP contribution in [0.3, 0.4) is 0 Å². The molecular formula is C42H72N12O11S2. The Morgan fingerprint density at radius 3 is 1.72 bits per heavy atom. The Labute approximate surface area is 401 Å². The molecule has 0 heterocycles.